The lowest BCUT2D eigenvalue weighted by molar-refractivity contribution is -0.122. The molecular weight excluding hydrogens is 350 g/mol. The van der Waals surface area contributed by atoms with Gasteiger partial charge < -0.3 is 5.32 Å². The lowest BCUT2D eigenvalue weighted by Gasteiger charge is -2.19. The van der Waals surface area contributed by atoms with Crippen LogP contribution in [0.2, 0.25) is 0 Å². The van der Waals surface area contributed by atoms with Crippen molar-refractivity contribution in [1.82, 2.24) is 14.5 Å². The lowest BCUT2D eigenvalue weighted by Crippen LogP contribution is -2.37. The molecule has 7 heteroatoms. The molecule has 1 saturated heterocycles. The second kappa shape index (κ2) is 10.0. The number of benzene rings is 1. The van der Waals surface area contributed by atoms with E-state index >= 15 is 0 Å². The fraction of sp³-hybridized carbons (Fsp3) is 0.632. The number of hydrogen-bond donors (Lipinski definition) is 1. The highest BCUT2D eigenvalue weighted by atomic mass is 32.2. The van der Waals surface area contributed by atoms with Gasteiger partial charge >= 0.3 is 0 Å². The van der Waals surface area contributed by atoms with Crippen molar-refractivity contribution in [2.24, 2.45) is 0 Å². The highest BCUT2D eigenvalue weighted by molar-refractivity contribution is 7.89. The average Bonchev–Trinajstić information content (AvgIpc) is 2.90. The first-order chi connectivity index (χ1) is 12.5. The fourth-order valence-corrected chi connectivity index (χ4v) is 4.70. The van der Waals surface area contributed by atoms with Crippen molar-refractivity contribution in [1.29, 1.82) is 0 Å². The number of carbonyl (C=O) groups excluding carboxylic acids is 1. The van der Waals surface area contributed by atoms with E-state index in [9.17, 15) is 13.2 Å². The van der Waals surface area contributed by atoms with E-state index in [4.69, 9.17) is 0 Å². The highest BCUT2D eigenvalue weighted by Gasteiger charge is 2.21. The summed E-state index contributed by atoms with van der Waals surface area (Å²) in [6, 6.07) is 6.76. The molecule has 0 atom stereocenters. The van der Waals surface area contributed by atoms with Crippen LogP contribution in [0.4, 0.5) is 0 Å². The molecule has 0 unspecified atom stereocenters. The van der Waals surface area contributed by atoms with Gasteiger partial charge in [-0.05, 0) is 43.6 Å². The predicted octanol–water partition coefficient (Wildman–Crippen LogP) is 2.21. The summed E-state index contributed by atoms with van der Waals surface area (Å²) in [5.74, 6) is 0.0201. The SMILES string of the molecule is CCN(CC)S(=O)(=O)c1ccc(CNC(=O)CN2CCCCCC2)cc1. The van der Waals surface area contributed by atoms with Gasteiger partial charge in [0.05, 0.1) is 11.4 Å². The minimum atomic E-state index is -3.43. The number of nitrogens with zero attached hydrogens (tertiary/aromatic N) is 2. The minimum Gasteiger partial charge on any atom is -0.351 e. The molecular formula is C19H31N3O3S. The lowest BCUT2D eigenvalue weighted by atomic mass is 10.2. The molecule has 0 saturated carbocycles. The third-order valence-electron chi connectivity index (χ3n) is 4.82. The van der Waals surface area contributed by atoms with Crippen LogP contribution in [-0.4, -0.2) is 56.3 Å². The number of carbonyl (C=O) groups is 1. The summed E-state index contributed by atoms with van der Waals surface area (Å²) in [5, 5.41) is 2.93. The minimum absolute atomic E-state index is 0.0201. The first-order valence-corrected chi connectivity index (χ1v) is 11.0. The van der Waals surface area contributed by atoms with Gasteiger partial charge in [-0.1, -0.05) is 38.8 Å². The molecule has 1 aliphatic heterocycles. The molecule has 1 amide bonds. The normalized spacial score (nSPS) is 16.4. The zero-order chi connectivity index (χ0) is 19.0. The molecule has 1 fully saturated rings. The fourth-order valence-electron chi connectivity index (χ4n) is 3.25. The van der Waals surface area contributed by atoms with Crippen LogP contribution in [0.1, 0.15) is 45.1 Å². The Morgan fingerprint density at radius 1 is 1.04 bits per heavy atom. The van der Waals surface area contributed by atoms with Crippen molar-refractivity contribution in [3.63, 3.8) is 0 Å². The summed E-state index contributed by atoms with van der Waals surface area (Å²) in [7, 11) is -3.43. The Balaban J connectivity index is 1.87. The van der Waals surface area contributed by atoms with Gasteiger partial charge in [-0.3, -0.25) is 9.69 Å². The Morgan fingerprint density at radius 2 is 1.62 bits per heavy atom. The van der Waals surface area contributed by atoms with E-state index in [1.807, 2.05) is 13.8 Å². The van der Waals surface area contributed by atoms with E-state index < -0.39 is 10.0 Å². The molecule has 0 bridgehead atoms. The molecule has 1 aliphatic rings. The van der Waals surface area contributed by atoms with Crippen LogP contribution in [0.25, 0.3) is 0 Å². The van der Waals surface area contributed by atoms with E-state index in [2.05, 4.69) is 10.2 Å². The third kappa shape index (κ3) is 5.79. The highest BCUT2D eigenvalue weighted by Crippen LogP contribution is 2.16. The zero-order valence-corrected chi connectivity index (χ0v) is 16.7. The van der Waals surface area contributed by atoms with Gasteiger partial charge in [0.2, 0.25) is 15.9 Å². The summed E-state index contributed by atoms with van der Waals surface area (Å²) in [4.78, 5) is 14.6. The number of amides is 1. The summed E-state index contributed by atoms with van der Waals surface area (Å²) in [5.41, 5.74) is 0.896. The number of nitrogens with one attached hydrogen (secondary N) is 1. The van der Waals surface area contributed by atoms with E-state index in [0.717, 1.165) is 31.5 Å². The Morgan fingerprint density at radius 3 is 2.15 bits per heavy atom. The zero-order valence-electron chi connectivity index (χ0n) is 15.9. The van der Waals surface area contributed by atoms with E-state index in [1.54, 1.807) is 24.3 Å². The van der Waals surface area contributed by atoms with Crippen molar-refractivity contribution in [3.05, 3.63) is 29.8 Å². The van der Waals surface area contributed by atoms with Crippen molar-refractivity contribution in [3.8, 4) is 0 Å². The van der Waals surface area contributed by atoms with Crippen LogP contribution in [0.15, 0.2) is 29.2 Å². The summed E-state index contributed by atoms with van der Waals surface area (Å²) >= 11 is 0. The quantitative estimate of drug-likeness (QED) is 0.750. The van der Waals surface area contributed by atoms with Crippen LogP contribution >= 0.6 is 0 Å². The first-order valence-electron chi connectivity index (χ1n) is 9.55. The Hall–Kier alpha value is -1.44. The maximum absolute atomic E-state index is 12.5. The van der Waals surface area contributed by atoms with Gasteiger partial charge in [0.15, 0.2) is 0 Å². The first kappa shape index (κ1) is 20.9. The maximum atomic E-state index is 12.5. The molecule has 0 radical (unpaired) electrons. The van der Waals surface area contributed by atoms with Crippen molar-refractivity contribution in [2.75, 3.05) is 32.7 Å². The second-order valence-electron chi connectivity index (χ2n) is 6.70. The predicted molar refractivity (Wildman–Crippen MR) is 103 cm³/mol. The van der Waals surface area contributed by atoms with Gasteiger partial charge in [0, 0.05) is 19.6 Å². The second-order valence-corrected chi connectivity index (χ2v) is 8.64. The molecule has 1 N–H and O–H groups in total. The Kier molecular flexibility index (Phi) is 8.06. The largest absolute Gasteiger partial charge is 0.351 e. The molecule has 26 heavy (non-hydrogen) atoms. The third-order valence-corrected chi connectivity index (χ3v) is 6.89. The number of rotatable bonds is 8. The number of hydrogen-bond acceptors (Lipinski definition) is 4. The smallest absolute Gasteiger partial charge is 0.243 e. The summed E-state index contributed by atoms with van der Waals surface area (Å²) in [6.45, 7) is 7.40. The number of likely N-dealkylation sites (tertiary alicyclic amines) is 1. The topological polar surface area (TPSA) is 69.7 Å². The van der Waals surface area contributed by atoms with Gasteiger partial charge in [-0.2, -0.15) is 4.31 Å². The molecule has 0 spiro atoms. The maximum Gasteiger partial charge on any atom is 0.243 e. The van der Waals surface area contributed by atoms with Gasteiger partial charge in [0.1, 0.15) is 0 Å². The standard InChI is InChI=1S/C19H31N3O3S/c1-3-22(4-2)26(24,25)18-11-9-17(10-12-18)15-20-19(23)16-21-13-7-5-6-8-14-21/h9-12H,3-8,13-16H2,1-2H3,(H,20,23). The molecule has 6 nitrogen and oxygen atoms in total. The molecule has 2 rings (SSSR count). The van der Waals surface area contributed by atoms with Crippen LogP contribution in [0, 0.1) is 0 Å². The van der Waals surface area contributed by atoms with Crippen molar-refractivity contribution in [2.45, 2.75) is 51.0 Å². The monoisotopic (exact) mass is 381 g/mol. The van der Waals surface area contributed by atoms with E-state index in [-0.39, 0.29) is 5.91 Å². The summed E-state index contributed by atoms with van der Waals surface area (Å²) < 4.78 is 26.4. The molecule has 0 aliphatic carbocycles. The summed E-state index contributed by atoms with van der Waals surface area (Å²) in [6.07, 6.45) is 4.83. The molecule has 0 aromatic heterocycles. The Labute approximate surface area is 157 Å². The van der Waals surface area contributed by atoms with Crippen LogP contribution < -0.4 is 5.32 Å². The van der Waals surface area contributed by atoms with Gasteiger partial charge in [-0.15, -0.1) is 0 Å². The average molecular weight is 382 g/mol. The van der Waals surface area contributed by atoms with Crippen LogP contribution in [-0.2, 0) is 21.4 Å². The van der Waals surface area contributed by atoms with Crippen LogP contribution in [0.3, 0.4) is 0 Å². The van der Waals surface area contributed by atoms with Gasteiger partial charge in [-0.25, -0.2) is 8.42 Å². The Bertz CT molecular complexity index is 662. The molecule has 1 heterocycles. The molecule has 1 aromatic rings. The van der Waals surface area contributed by atoms with E-state index in [0.29, 0.717) is 31.1 Å². The van der Waals surface area contributed by atoms with Gasteiger partial charge in [0.25, 0.3) is 0 Å². The van der Waals surface area contributed by atoms with Crippen molar-refractivity contribution >= 4 is 15.9 Å². The molecule has 146 valence electrons. The molecule has 1 aromatic carbocycles. The number of sulfonamides is 1. The van der Waals surface area contributed by atoms with Crippen molar-refractivity contribution < 1.29 is 13.2 Å². The van der Waals surface area contributed by atoms with Crippen LogP contribution in [0.5, 0.6) is 0 Å². The van der Waals surface area contributed by atoms with E-state index in [1.165, 1.54) is 17.1 Å².